The number of aromatic nitrogens is 2. The minimum atomic E-state index is 0. The fraction of sp³-hybridized carbons (Fsp3) is 0.526. The van der Waals surface area contributed by atoms with E-state index in [1.165, 1.54) is 0 Å². The van der Waals surface area contributed by atoms with Gasteiger partial charge < -0.3 is 19.9 Å². The number of hydrogen-bond acceptors (Lipinski definition) is 6. The van der Waals surface area contributed by atoms with Gasteiger partial charge in [0.1, 0.15) is 5.75 Å². The number of carbonyl (C=O) groups is 1. The molecule has 2 heterocycles. The maximum Gasteiger partial charge on any atom is 0.253 e. The highest BCUT2D eigenvalue weighted by atomic mass is 35.5. The number of rotatable bonds is 6. The molecule has 1 fully saturated rings. The lowest BCUT2D eigenvalue weighted by molar-refractivity contribution is 0.0681. The SMILES string of the molecule is CCc1nc(COc2ccc(C(=O)N3CCC(C(C)N)CC3)cc2)no1.Cl. The number of ether oxygens (including phenoxy) is 1. The van der Waals surface area contributed by atoms with E-state index in [1.807, 2.05) is 18.7 Å². The Hall–Kier alpha value is -2.12. The maximum atomic E-state index is 12.6. The Kier molecular flexibility index (Phi) is 7.62. The molecular weight excluding hydrogens is 368 g/mol. The zero-order chi connectivity index (χ0) is 18.5. The summed E-state index contributed by atoms with van der Waals surface area (Å²) in [5.41, 5.74) is 6.63. The van der Waals surface area contributed by atoms with Crippen LogP contribution in [-0.2, 0) is 13.0 Å². The summed E-state index contributed by atoms with van der Waals surface area (Å²) in [5, 5.41) is 3.85. The summed E-state index contributed by atoms with van der Waals surface area (Å²) < 4.78 is 10.7. The quantitative estimate of drug-likeness (QED) is 0.809. The number of halogens is 1. The summed E-state index contributed by atoms with van der Waals surface area (Å²) in [7, 11) is 0. The number of carbonyl (C=O) groups excluding carboxylic acids is 1. The van der Waals surface area contributed by atoms with Gasteiger partial charge in [-0.1, -0.05) is 12.1 Å². The van der Waals surface area contributed by atoms with Crippen LogP contribution in [0.2, 0.25) is 0 Å². The van der Waals surface area contributed by atoms with Gasteiger partial charge in [0.25, 0.3) is 5.91 Å². The first-order valence-electron chi connectivity index (χ1n) is 9.16. The third-order valence-corrected chi connectivity index (χ3v) is 4.85. The van der Waals surface area contributed by atoms with Crippen molar-refractivity contribution in [2.75, 3.05) is 13.1 Å². The predicted molar refractivity (Wildman–Crippen MR) is 104 cm³/mol. The van der Waals surface area contributed by atoms with Crippen LogP contribution in [0, 0.1) is 5.92 Å². The molecule has 1 aromatic carbocycles. The second-order valence-electron chi connectivity index (χ2n) is 6.76. The van der Waals surface area contributed by atoms with E-state index in [4.69, 9.17) is 15.0 Å². The van der Waals surface area contributed by atoms with Crippen molar-refractivity contribution in [1.29, 1.82) is 0 Å². The molecule has 8 heteroatoms. The Balaban J connectivity index is 0.00000261. The second-order valence-corrected chi connectivity index (χ2v) is 6.76. The lowest BCUT2D eigenvalue weighted by atomic mass is 9.90. The van der Waals surface area contributed by atoms with Gasteiger partial charge in [0, 0.05) is 31.1 Å². The predicted octanol–water partition coefficient (Wildman–Crippen LogP) is 2.83. The molecule has 2 aromatic rings. The van der Waals surface area contributed by atoms with E-state index >= 15 is 0 Å². The molecule has 1 amide bonds. The van der Waals surface area contributed by atoms with Crippen molar-refractivity contribution in [3.63, 3.8) is 0 Å². The molecule has 7 nitrogen and oxygen atoms in total. The molecule has 27 heavy (non-hydrogen) atoms. The van der Waals surface area contributed by atoms with Crippen LogP contribution in [0.25, 0.3) is 0 Å². The number of aryl methyl sites for hydroxylation is 1. The summed E-state index contributed by atoms with van der Waals surface area (Å²) in [6.45, 7) is 5.76. The van der Waals surface area contributed by atoms with Crippen molar-refractivity contribution in [2.24, 2.45) is 11.7 Å². The molecular formula is C19H27ClN4O3. The van der Waals surface area contributed by atoms with E-state index in [9.17, 15) is 4.79 Å². The molecule has 3 rings (SSSR count). The number of nitrogens with zero attached hydrogens (tertiary/aromatic N) is 3. The van der Waals surface area contributed by atoms with Gasteiger partial charge in [0.15, 0.2) is 6.61 Å². The molecule has 148 valence electrons. The standard InChI is InChI=1S/C19H26N4O3.ClH/c1-3-18-21-17(22-26-18)12-25-16-6-4-15(5-7-16)19(24)23-10-8-14(9-11-23)13(2)20;/h4-7,13-14H,3,8-12,20H2,1-2H3;1H. The van der Waals surface area contributed by atoms with Gasteiger partial charge in [-0.15, -0.1) is 12.4 Å². The Morgan fingerprint density at radius 3 is 2.56 bits per heavy atom. The zero-order valence-corrected chi connectivity index (χ0v) is 16.6. The van der Waals surface area contributed by atoms with Crippen LogP contribution < -0.4 is 10.5 Å². The van der Waals surface area contributed by atoms with Crippen molar-refractivity contribution in [2.45, 2.75) is 45.8 Å². The van der Waals surface area contributed by atoms with E-state index in [-0.39, 0.29) is 31.0 Å². The number of hydrogen-bond donors (Lipinski definition) is 1. The normalized spacial score (nSPS) is 15.9. The smallest absolute Gasteiger partial charge is 0.253 e. The van der Waals surface area contributed by atoms with Gasteiger partial charge in [0.2, 0.25) is 11.7 Å². The molecule has 1 aliphatic rings. The van der Waals surface area contributed by atoms with Crippen LogP contribution in [0.4, 0.5) is 0 Å². The highest BCUT2D eigenvalue weighted by molar-refractivity contribution is 5.94. The van der Waals surface area contributed by atoms with Gasteiger partial charge in [-0.05, 0) is 49.9 Å². The van der Waals surface area contributed by atoms with Crippen molar-refractivity contribution in [3.8, 4) is 5.75 Å². The van der Waals surface area contributed by atoms with Crippen molar-refractivity contribution >= 4 is 18.3 Å². The van der Waals surface area contributed by atoms with Crippen LogP contribution in [-0.4, -0.2) is 40.1 Å². The molecule has 2 N–H and O–H groups in total. The van der Waals surface area contributed by atoms with Crippen LogP contribution in [0.3, 0.4) is 0 Å². The molecule has 0 radical (unpaired) electrons. The maximum absolute atomic E-state index is 12.6. The van der Waals surface area contributed by atoms with Gasteiger partial charge in [-0.25, -0.2) is 0 Å². The fourth-order valence-corrected chi connectivity index (χ4v) is 3.14. The van der Waals surface area contributed by atoms with Crippen LogP contribution >= 0.6 is 12.4 Å². The topological polar surface area (TPSA) is 94.5 Å². The average molecular weight is 395 g/mol. The summed E-state index contributed by atoms with van der Waals surface area (Å²) in [6.07, 6.45) is 2.63. The first-order chi connectivity index (χ1) is 12.6. The van der Waals surface area contributed by atoms with Gasteiger partial charge >= 0.3 is 0 Å². The Labute approximate surface area is 165 Å². The first-order valence-corrected chi connectivity index (χ1v) is 9.16. The van der Waals surface area contributed by atoms with Crippen LogP contribution in [0.15, 0.2) is 28.8 Å². The molecule has 0 aliphatic carbocycles. The molecule has 1 saturated heterocycles. The monoisotopic (exact) mass is 394 g/mol. The average Bonchev–Trinajstić information content (AvgIpc) is 3.14. The van der Waals surface area contributed by atoms with E-state index < -0.39 is 0 Å². The molecule has 0 spiro atoms. The van der Waals surface area contributed by atoms with E-state index in [1.54, 1.807) is 24.3 Å². The lowest BCUT2D eigenvalue weighted by Gasteiger charge is -2.33. The van der Waals surface area contributed by atoms with E-state index in [2.05, 4.69) is 10.1 Å². The minimum absolute atomic E-state index is 0. The third kappa shape index (κ3) is 5.43. The number of benzene rings is 1. The molecule has 1 atom stereocenters. The molecule has 0 bridgehead atoms. The molecule has 1 aromatic heterocycles. The van der Waals surface area contributed by atoms with Crippen LogP contribution in [0.5, 0.6) is 5.75 Å². The highest BCUT2D eigenvalue weighted by Crippen LogP contribution is 2.22. The van der Waals surface area contributed by atoms with Gasteiger partial charge in [0.05, 0.1) is 0 Å². The van der Waals surface area contributed by atoms with Gasteiger partial charge in [-0.3, -0.25) is 4.79 Å². The van der Waals surface area contributed by atoms with Gasteiger partial charge in [-0.2, -0.15) is 4.98 Å². The second kappa shape index (κ2) is 9.71. The number of amides is 1. The van der Waals surface area contributed by atoms with Crippen LogP contribution in [0.1, 0.15) is 48.8 Å². The Morgan fingerprint density at radius 1 is 1.33 bits per heavy atom. The van der Waals surface area contributed by atoms with Crippen molar-refractivity contribution in [1.82, 2.24) is 15.0 Å². The van der Waals surface area contributed by atoms with E-state index in [0.29, 0.717) is 35.4 Å². The molecule has 0 saturated carbocycles. The Bertz CT molecular complexity index is 725. The zero-order valence-electron chi connectivity index (χ0n) is 15.8. The lowest BCUT2D eigenvalue weighted by Crippen LogP contribution is -2.42. The van der Waals surface area contributed by atoms with Crippen molar-refractivity contribution in [3.05, 3.63) is 41.5 Å². The Morgan fingerprint density at radius 2 is 2.00 bits per heavy atom. The summed E-state index contributed by atoms with van der Waals surface area (Å²) >= 11 is 0. The minimum Gasteiger partial charge on any atom is -0.485 e. The molecule has 1 unspecified atom stereocenters. The molecule has 1 aliphatic heterocycles. The largest absolute Gasteiger partial charge is 0.485 e. The summed E-state index contributed by atoms with van der Waals surface area (Å²) in [4.78, 5) is 18.7. The van der Waals surface area contributed by atoms with Crippen molar-refractivity contribution < 1.29 is 14.1 Å². The number of piperidine rings is 1. The summed E-state index contributed by atoms with van der Waals surface area (Å²) in [6, 6.07) is 7.37. The number of likely N-dealkylation sites (tertiary alicyclic amines) is 1. The summed E-state index contributed by atoms with van der Waals surface area (Å²) in [5.74, 6) is 2.34. The number of nitrogens with two attached hydrogens (primary N) is 1. The first kappa shape index (κ1) is 21.2. The highest BCUT2D eigenvalue weighted by Gasteiger charge is 2.25. The third-order valence-electron chi connectivity index (χ3n) is 4.85. The fourth-order valence-electron chi connectivity index (χ4n) is 3.14. The van der Waals surface area contributed by atoms with E-state index in [0.717, 1.165) is 25.9 Å².